The summed E-state index contributed by atoms with van der Waals surface area (Å²) in [6.45, 7) is 2.92. The van der Waals surface area contributed by atoms with Gasteiger partial charge in [0.25, 0.3) is 0 Å². The molecular weight excluding hydrogens is 210 g/mol. The largest absolute Gasteiger partial charge is 0.409 e. The summed E-state index contributed by atoms with van der Waals surface area (Å²) in [6.07, 6.45) is 1.25. The second kappa shape index (κ2) is 5.16. The van der Waals surface area contributed by atoms with Gasteiger partial charge in [-0.1, -0.05) is 12.1 Å². The normalized spacial score (nSPS) is 29.6. The van der Waals surface area contributed by atoms with Gasteiger partial charge in [-0.25, -0.2) is 0 Å². The van der Waals surface area contributed by atoms with E-state index in [0.717, 1.165) is 0 Å². The fraction of sp³-hybridized carbons (Fsp3) is 0.800. The van der Waals surface area contributed by atoms with Crippen molar-refractivity contribution in [1.82, 2.24) is 5.32 Å². The van der Waals surface area contributed by atoms with Gasteiger partial charge in [0, 0.05) is 13.7 Å². The number of carbonyl (C=O) groups is 1. The average Bonchev–Trinajstić information content (AvgIpc) is 2.23. The van der Waals surface area contributed by atoms with Crippen molar-refractivity contribution in [3.63, 3.8) is 0 Å². The summed E-state index contributed by atoms with van der Waals surface area (Å²) in [5, 5.41) is 14.4. The molecule has 6 heteroatoms. The third-order valence-corrected chi connectivity index (χ3v) is 3.02. The first kappa shape index (κ1) is 12.8. The molecule has 16 heavy (non-hydrogen) atoms. The van der Waals surface area contributed by atoms with Crippen LogP contribution < -0.4 is 11.1 Å². The molecule has 0 aliphatic heterocycles. The van der Waals surface area contributed by atoms with Gasteiger partial charge in [0.05, 0.1) is 6.61 Å². The van der Waals surface area contributed by atoms with E-state index in [1.807, 2.05) is 6.92 Å². The van der Waals surface area contributed by atoms with Crippen LogP contribution in [0.25, 0.3) is 0 Å². The van der Waals surface area contributed by atoms with Gasteiger partial charge < -0.3 is 21.0 Å². The monoisotopic (exact) mass is 229 g/mol. The highest BCUT2D eigenvalue weighted by Gasteiger charge is 2.51. The number of methoxy groups -OCH3 is 1. The molecule has 0 aromatic carbocycles. The minimum Gasteiger partial charge on any atom is -0.409 e. The smallest absolute Gasteiger partial charge is 0.234 e. The van der Waals surface area contributed by atoms with Crippen molar-refractivity contribution in [1.29, 1.82) is 0 Å². The first-order valence-corrected chi connectivity index (χ1v) is 5.32. The van der Waals surface area contributed by atoms with Crippen LogP contribution in [-0.2, 0) is 9.53 Å². The second-order valence-electron chi connectivity index (χ2n) is 4.33. The van der Waals surface area contributed by atoms with Crippen LogP contribution in [0.3, 0.4) is 0 Å². The molecule has 1 aliphatic rings. The molecule has 1 saturated carbocycles. The average molecular weight is 229 g/mol. The number of carbonyl (C=O) groups excluding carboxylic acids is 1. The van der Waals surface area contributed by atoms with Gasteiger partial charge in [0.2, 0.25) is 5.91 Å². The number of amidine groups is 1. The molecule has 92 valence electrons. The standard InChI is InChI=1S/C10H19N3O3/c1-7-5-10(6-7,8(11)13-15)9(14)12-3-4-16-2/h7,15H,3-6H2,1-2H3,(H2,11,13)(H,12,14). The Morgan fingerprint density at radius 1 is 1.69 bits per heavy atom. The summed E-state index contributed by atoms with van der Waals surface area (Å²) in [5.41, 5.74) is 4.77. The highest BCUT2D eigenvalue weighted by molar-refractivity contribution is 6.07. The van der Waals surface area contributed by atoms with Crippen LogP contribution in [-0.4, -0.2) is 37.2 Å². The first-order valence-electron chi connectivity index (χ1n) is 5.32. The molecule has 1 aliphatic carbocycles. The molecule has 0 unspecified atom stereocenters. The highest BCUT2D eigenvalue weighted by Crippen LogP contribution is 2.45. The SMILES string of the molecule is COCCNC(=O)C1(C(N)=NO)CC(C)C1. The summed E-state index contributed by atoms with van der Waals surface area (Å²) in [4.78, 5) is 11.9. The Labute approximate surface area is 94.8 Å². The van der Waals surface area contributed by atoms with Crippen LogP contribution in [0.15, 0.2) is 5.16 Å². The van der Waals surface area contributed by atoms with Crippen molar-refractivity contribution in [3.8, 4) is 0 Å². The number of nitrogens with one attached hydrogen (secondary N) is 1. The van der Waals surface area contributed by atoms with Gasteiger partial charge in [-0.3, -0.25) is 4.79 Å². The molecule has 0 spiro atoms. The van der Waals surface area contributed by atoms with E-state index in [2.05, 4.69) is 10.5 Å². The van der Waals surface area contributed by atoms with E-state index in [0.29, 0.717) is 31.9 Å². The van der Waals surface area contributed by atoms with Crippen molar-refractivity contribution in [3.05, 3.63) is 0 Å². The Bertz CT molecular complexity index is 285. The number of nitrogens with two attached hydrogens (primary N) is 1. The minimum absolute atomic E-state index is 0.000479. The van der Waals surface area contributed by atoms with Crippen LogP contribution >= 0.6 is 0 Å². The molecule has 1 rings (SSSR count). The number of amides is 1. The van der Waals surface area contributed by atoms with Gasteiger partial charge in [-0.2, -0.15) is 0 Å². The zero-order valence-electron chi connectivity index (χ0n) is 9.69. The molecule has 0 bridgehead atoms. The maximum Gasteiger partial charge on any atom is 0.234 e. The Hall–Kier alpha value is -1.30. The maximum atomic E-state index is 11.9. The lowest BCUT2D eigenvalue weighted by Gasteiger charge is -2.43. The fourth-order valence-corrected chi connectivity index (χ4v) is 2.17. The van der Waals surface area contributed by atoms with Crippen LogP contribution in [0.5, 0.6) is 0 Å². The third-order valence-electron chi connectivity index (χ3n) is 3.02. The van der Waals surface area contributed by atoms with Gasteiger partial charge >= 0.3 is 0 Å². The molecule has 0 radical (unpaired) electrons. The number of oxime groups is 1. The number of ether oxygens (including phenoxy) is 1. The van der Waals surface area contributed by atoms with Crippen LogP contribution in [0.2, 0.25) is 0 Å². The van der Waals surface area contributed by atoms with Crippen molar-refractivity contribution in [2.75, 3.05) is 20.3 Å². The van der Waals surface area contributed by atoms with E-state index in [1.54, 1.807) is 7.11 Å². The molecule has 0 atom stereocenters. The van der Waals surface area contributed by atoms with Crippen LogP contribution in [0.1, 0.15) is 19.8 Å². The Balaban J connectivity index is 2.61. The molecule has 1 fully saturated rings. The Morgan fingerprint density at radius 3 is 2.75 bits per heavy atom. The van der Waals surface area contributed by atoms with Crippen molar-refractivity contribution < 1.29 is 14.7 Å². The molecule has 0 saturated heterocycles. The number of rotatable bonds is 5. The Kier molecular flexibility index (Phi) is 4.12. The van der Waals surface area contributed by atoms with E-state index in [4.69, 9.17) is 15.7 Å². The maximum absolute atomic E-state index is 11.9. The number of hydrogen-bond acceptors (Lipinski definition) is 4. The predicted molar refractivity (Wildman–Crippen MR) is 59.1 cm³/mol. The molecule has 6 nitrogen and oxygen atoms in total. The lowest BCUT2D eigenvalue weighted by Crippen LogP contribution is -2.57. The molecule has 0 aromatic heterocycles. The fourth-order valence-electron chi connectivity index (χ4n) is 2.17. The molecule has 0 aromatic rings. The second-order valence-corrected chi connectivity index (χ2v) is 4.33. The van der Waals surface area contributed by atoms with Crippen LogP contribution in [0, 0.1) is 11.3 Å². The summed E-state index contributed by atoms with van der Waals surface area (Å²) in [5.74, 6) is 0.243. The quantitative estimate of drug-likeness (QED) is 0.202. The van der Waals surface area contributed by atoms with Crippen LogP contribution in [0.4, 0.5) is 0 Å². The van der Waals surface area contributed by atoms with Gasteiger partial charge in [-0.15, -0.1) is 0 Å². The molecule has 0 heterocycles. The van der Waals surface area contributed by atoms with Crippen molar-refractivity contribution in [2.45, 2.75) is 19.8 Å². The summed E-state index contributed by atoms with van der Waals surface area (Å²) in [6, 6.07) is 0. The first-order chi connectivity index (χ1) is 7.56. The van der Waals surface area contributed by atoms with Gasteiger partial charge in [0.1, 0.15) is 5.41 Å². The van der Waals surface area contributed by atoms with E-state index in [9.17, 15) is 4.79 Å². The Morgan fingerprint density at radius 2 is 2.31 bits per heavy atom. The van der Waals surface area contributed by atoms with E-state index < -0.39 is 5.41 Å². The van der Waals surface area contributed by atoms with Gasteiger partial charge in [0.15, 0.2) is 5.84 Å². The number of hydrogen-bond donors (Lipinski definition) is 3. The molecule has 4 N–H and O–H groups in total. The van der Waals surface area contributed by atoms with E-state index >= 15 is 0 Å². The van der Waals surface area contributed by atoms with Gasteiger partial charge in [-0.05, 0) is 18.8 Å². The lowest BCUT2D eigenvalue weighted by atomic mass is 9.61. The zero-order valence-corrected chi connectivity index (χ0v) is 9.69. The molecule has 1 amide bonds. The number of nitrogens with zero attached hydrogens (tertiary/aromatic N) is 1. The predicted octanol–water partition coefficient (Wildman–Crippen LogP) is -0.0883. The summed E-state index contributed by atoms with van der Waals surface area (Å²) in [7, 11) is 1.57. The van der Waals surface area contributed by atoms with Crippen molar-refractivity contribution >= 4 is 11.7 Å². The van der Waals surface area contributed by atoms with E-state index in [-0.39, 0.29) is 11.7 Å². The summed E-state index contributed by atoms with van der Waals surface area (Å²) < 4.78 is 4.84. The lowest BCUT2D eigenvalue weighted by molar-refractivity contribution is -0.133. The zero-order chi connectivity index (χ0) is 12.2. The van der Waals surface area contributed by atoms with E-state index in [1.165, 1.54) is 0 Å². The minimum atomic E-state index is -0.818. The molecular formula is C10H19N3O3. The topological polar surface area (TPSA) is 96.9 Å². The third kappa shape index (κ3) is 2.27. The summed E-state index contributed by atoms with van der Waals surface area (Å²) >= 11 is 0. The highest BCUT2D eigenvalue weighted by atomic mass is 16.5. The van der Waals surface area contributed by atoms with Crippen molar-refractivity contribution in [2.24, 2.45) is 22.2 Å².